The van der Waals surface area contributed by atoms with E-state index in [1.807, 2.05) is 0 Å². The largest absolute Gasteiger partial charge is 0.550 e. The van der Waals surface area contributed by atoms with Gasteiger partial charge in [0, 0.05) is 24.3 Å². The fourth-order valence-electron chi connectivity index (χ4n) is 1.10. The second-order valence-corrected chi connectivity index (χ2v) is 3.24. The molecular formula is C10H10N2O4-2. The van der Waals surface area contributed by atoms with Crippen molar-refractivity contribution in [3.63, 3.8) is 0 Å². The Hall–Kier alpha value is -1.98. The van der Waals surface area contributed by atoms with Gasteiger partial charge in [-0.1, -0.05) is 0 Å². The third kappa shape index (κ3) is 4.50. The quantitative estimate of drug-likeness (QED) is 0.542. The van der Waals surface area contributed by atoms with Gasteiger partial charge < -0.3 is 19.8 Å². The molecule has 0 aromatic carbocycles. The van der Waals surface area contributed by atoms with Crippen molar-refractivity contribution in [1.29, 1.82) is 0 Å². The molecule has 0 fully saturated rings. The fourth-order valence-corrected chi connectivity index (χ4v) is 1.10. The first kappa shape index (κ1) is 12.1. The van der Waals surface area contributed by atoms with E-state index in [-0.39, 0.29) is 25.7 Å². The number of aryl methyl sites for hydroxylation is 2. The molecule has 0 saturated heterocycles. The molecule has 1 aromatic rings. The van der Waals surface area contributed by atoms with Crippen molar-refractivity contribution in [2.75, 3.05) is 0 Å². The highest BCUT2D eigenvalue weighted by atomic mass is 16.4. The molecule has 0 amide bonds. The summed E-state index contributed by atoms with van der Waals surface area (Å²) in [6.07, 6.45) is 3.19. The van der Waals surface area contributed by atoms with Gasteiger partial charge >= 0.3 is 0 Å². The number of aliphatic carboxylic acids is 2. The first-order valence-electron chi connectivity index (χ1n) is 4.77. The summed E-state index contributed by atoms with van der Waals surface area (Å²) in [5.41, 5.74) is 1.09. The van der Waals surface area contributed by atoms with Gasteiger partial charge in [0.25, 0.3) is 0 Å². The minimum atomic E-state index is -1.14. The second kappa shape index (κ2) is 5.79. The van der Waals surface area contributed by atoms with Gasteiger partial charge in [-0.25, -0.2) is 0 Å². The molecule has 6 heteroatoms. The standard InChI is InChI=1S/C10H12N2O4/c13-9(14)3-1-7-5-12-8(6-11-7)2-4-10(15)16/h5-6H,1-4H2,(H,13,14)(H,15,16)/p-2. The Labute approximate surface area is 92.0 Å². The first-order chi connectivity index (χ1) is 7.58. The van der Waals surface area contributed by atoms with Crippen molar-refractivity contribution < 1.29 is 19.8 Å². The third-order valence-electron chi connectivity index (χ3n) is 1.93. The minimum Gasteiger partial charge on any atom is -0.550 e. The molecule has 1 heterocycles. The topological polar surface area (TPSA) is 106 Å². The molecule has 0 N–H and O–H groups in total. The second-order valence-electron chi connectivity index (χ2n) is 3.24. The molecule has 0 unspecified atom stereocenters. The molecular weight excluding hydrogens is 212 g/mol. The van der Waals surface area contributed by atoms with Crippen molar-refractivity contribution in [2.45, 2.75) is 25.7 Å². The van der Waals surface area contributed by atoms with Gasteiger partial charge in [-0.2, -0.15) is 0 Å². The van der Waals surface area contributed by atoms with Crippen LogP contribution in [0.1, 0.15) is 24.2 Å². The molecule has 0 radical (unpaired) electrons. The SMILES string of the molecule is O=C([O-])CCc1cnc(CCC(=O)[O-])cn1. The fraction of sp³-hybridized carbons (Fsp3) is 0.400. The Kier molecular flexibility index (Phi) is 4.38. The summed E-state index contributed by atoms with van der Waals surface area (Å²) in [5.74, 6) is -2.27. The lowest BCUT2D eigenvalue weighted by molar-refractivity contribution is -0.307. The zero-order valence-corrected chi connectivity index (χ0v) is 8.51. The lowest BCUT2D eigenvalue weighted by Crippen LogP contribution is -2.23. The lowest BCUT2D eigenvalue weighted by Gasteiger charge is -2.04. The van der Waals surface area contributed by atoms with Crippen molar-refractivity contribution >= 4 is 11.9 Å². The van der Waals surface area contributed by atoms with Crippen molar-refractivity contribution in [2.24, 2.45) is 0 Å². The molecule has 1 aromatic heterocycles. The predicted molar refractivity (Wildman–Crippen MR) is 48.7 cm³/mol. The molecule has 1 rings (SSSR count). The van der Waals surface area contributed by atoms with Crippen molar-refractivity contribution in [1.82, 2.24) is 9.97 Å². The van der Waals surface area contributed by atoms with E-state index in [1.165, 1.54) is 12.4 Å². The van der Waals surface area contributed by atoms with Crippen LogP contribution in [0.5, 0.6) is 0 Å². The van der Waals surface area contributed by atoms with Crippen LogP contribution in [0.15, 0.2) is 12.4 Å². The number of carbonyl (C=O) groups excluding carboxylic acids is 2. The highest BCUT2D eigenvalue weighted by Crippen LogP contribution is 2.01. The minimum absolute atomic E-state index is 0.104. The average molecular weight is 222 g/mol. The Morgan fingerprint density at radius 3 is 1.56 bits per heavy atom. The maximum absolute atomic E-state index is 10.2. The van der Waals surface area contributed by atoms with Gasteiger partial charge in [0.1, 0.15) is 0 Å². The molecule has 0 aliphatic carbocycles. The normalized spacial score (nSPS) is 10.0. The number of rotatable bonds is 6. The molecule has 6 nitrogen and oxygen atoms in total. The van der Waals surface area contributed by atoms with Crippen LogP contribution in [0.2, 0.25) is 0 Å². The first-order valence-corrected chi connectivity index (χ1v) is 4.77. The summed E-state index contributed by atoms with van der Waals surface area (Å²) in [4.78, 5) is 28.3. The number of carbonyl (C=O) groups is 2. The van der Waals surface area contributed by atoms with E-state index in [0.29, 0.717) is 11.4 Å². The maximum atomic E-state index is 10.2. The number of hydrogen-bond donors (Lipinski definition) is 0. The number of nitrogens with zero attached hydrogens (tertiary/aromatic N) is 2. The summed E-state index contributed by atoms with van der Waals surface area (Å²) in [5, 5.41) is 20.4. The molecule has 16 heavy (non-hydrogen) atoms. The molecule has 0 aliphatic heterocycles. The van der Waals surface area contributed by atoms with E-state index in [2.05, 4.69) is 9.97 Å². The molecule has 0 spiro atoms. The molecule has 0 aliphatic rings. The lowest BCUT2D eigenvalue weighted by atomic mass is 10.2. The van der Waals surface area contributed by atoms with Crippen molar-refractivity contribution in [3.8, 4) is 0 Å². The summed E-state index contributed by atoms with van der Waals surface area (Å²) in [7, 11) is 0. The van der Waals surface area contributed by atoms with Gasteiger partial charge in [0.05, 0.1) is 11.4 Å². The average Bonchev–Trinajstić information content (AvgIpc) is 2.25. The number of aromatic nitrogens is 2. The third-order valence-corrected chi connectivity index (χ3v) is 1.93. The van der Waals surface area contributed by atoms with Crippen LogP contribution in [0.4, 0.5) is 0 Å². The van der Waals surface area contributed by atoms with Gasteiger partial charge in [-0.05, 0) is 25.7 Å². The maximum Gasteiger partial charge on any atom is 0.0590 e. The van der Waals surface area contributed by atoms with Crippen LogP contribution in [-0.4, -0.2) is 21.9 Å². The van der Waals surface area contributed by atoms with Gasteiger partial charge in [0.15, 0.2) is 0 Å². The molecule has 0 bridgehead atoms. The van der Waals surface area contributed by atoms with Crippen LogP contribution in [0.3, 0.4) is 0 Å². The molecule has 0 atom stereocenters. The Morgan fingerprint density at radius 2 is 1.31 bits per heavy atom. The number of carboxylic acids is 2. The zero-order valence-electron chi connectivity index (χ0n) is 8.51. The van der Waals surface area contributed by atoms with Gasteiger partial charge in [-0.3, -0.25) is 9.97 Å². The summed E-state index contributed by atoms with van der Waals surface area (Å²) < 4.78 is 0. The Bertz CT molecular complexity index is 338. The van der Waals surface area contributed by atoms with E-state index in [9.17, 15) is 19.8 Å². The molecule has 0 saturated carbocycles. The van der Waals surface area contributed by atoms with E-state index < -0.39 is 11.9 Å². The Balaban J connectivity index is 2.47. The number of hydrogen-bond acceptors (Lipinski definition) is 6. The van der Waals surface area contributed by atoms with Crippen LogP contribution >= 0.6 is 0 Å². The van der Waals surface area contributed by atoms with Gasteiger partial charge in [-0.15, -0.1) is 0 Å². The van der Waals surface area contributed by atoms with E-state index in [4.69, 9.17) is 0 Å². The zero-order chi connectivity index (χ0) is 12.0. The van der Waals surface area contributed by atoms with Crippen LogP contribution < -0.4 is 10.2 Å². The van der Waals surface area contributed by atoms with E-state index in [1.54, 1.807) is 0 Å². The van der Waals surface area contributed by atoms with E-state index in [0.717, 1.165) is 0 Å². The van der Waals surface area contributed by atoms with Crippen LogP contribution in [-0.2, 0) is 22.4 Å². The predicted octanol–water partition coefficient (Wildman–Crippen LogP) is -2.16. The van der Waals surface area contributed by atoms with Crippen LogP contribution in [0, 0.1) is 0 Å². The molecule has 86 valence electrons. The monoisotopic (exact) mass is 222 g/mol. The Morgan fingerprint density at radius 1 is 0.938 bits per heavy atom. The summed E-state index contributed by atoms with van der Waals surface area (Å²) >= 11 is 0. The smallest absolute Gasteiger partial charge is 0.0590 e. The van der Waals surface area contributed by atoms with Crippen molar-refractivity contribution in [3.05, 3.63) is 23.8 Å². The summed E-state index contributed by atoms with van der Waals surface area (Å²) in [6, 6.07) is 0. The van der Waals surface area contributed by atoms with E-state index >= 15 is 0 Å². The highest BCUT2D eigenvalue weighted by molar-refractivity contribution is 5.64. The highest BCUT2D eigenvalue weighted by Gasteiger charge is 1.99. The van der Waals surface area contributed by atoms with Crippen LogP contribution in [0.25, 0.3) is 0 Å². The van der Waals surface area contributed by atoms with Gasteiger partial charge in [0.2, 0.25) is 0 Å². The summed E-state index contributed by atoms with van der Waals surface area (Å²) in [6.45, 7) is 0. The number of carboxylic acid groups (broad SMARTS) is 2.